The second kappa shape index (κ2) is 7.46. The van der Waals surface area contributed by atoms with Crippen molar-refractivity contribution in [2.24, 2.45) is 0 Å². The minimum Gasteiger partial charge on any atom is -0.261 e. The summed E-state index contributed by atoms with van der Waals surface area (Å²) in [6.45, 7) is 15.7. The number of nitrogens with zero attached hydrogens (tertiary/aromatic N) is 2. The first-order valence-corrected chi connectivity index (χ1v) is 9.13. The minimum atomic E-state index is 0.100. The van der Waals surface area contributed by atoms with Crippen LogP contribution >= 0.6 is 0 Å². The van der Waals surface area contributed by atoms with Crippen LogP contribution in [0, 0.1) is 0 Å². The third kappa shape index (κ3) is 4.43. The average molecular weight is 325 g/mol. The summed E-state index contributed by atoms with van der Waals surface area (Å²) in [4.78, 5) is 9.14. The van der Waals surface area contributed by atoms with Gasteiger partial charge in [-0.3, -0.25) is 9.97 Å². The zero-order valence-corrected chi connectivity index (χ0v) is 16.3. The molecule has 0 amide bonds. The van der Waals surface area contributed by atoms with Crippen molar-refractivity contribution in [1.82, 2.24) is 9.97 Å². The monoisotopic (exact) mass is 324 g/mol. The Bertz CT molecular complexity index is 654. The molecule has 0 N–H and O–H groups in total. The van der Waals surface area contributed by atoms with Crippen LogP contribution in [0.2, 0.25) is 0 Å². The van der Waals surface area contributed by atoms with Crippen LogP contribution in [-0.2, 0) is 5.41 Å². The Labute approximate surface area is 147 Å². The summed E-state index contributed by atoms with van der Waals surface area (Å²) in [6, 6.07) is 8.86. The Morgan fingerprint density at radius 2 is 1.54 bits per heavy atom. The molecule has 24 heavy (non-hydrogen) atoms. The molecule has 0 spiro atoms. The van der Waals surface area contributed by atoms with Gasteiger partial charge in [0.25, 0.3) is 0 Å². The summed E-state index contributed by atoms with van der Waals surface area (Å²) in [6.07, 6.45) is 5.11. The SMILES string of the molecule is CC(C)c1ccc(C(C)(C)CC(C)c2ccnc(C(C)C)c2)cn1. The molecule has 2 heterocycles. The third-order valence-corrected chi connectivity index (χ3v) is 4.94. The molecule has 0 aliphatic rings. The molecule has 2 aromatic heterocycles. The van der Waals surface area contributed by atoms with Gasteiger partial charge >= 0.3 is 0 Å². The molecule has 0 saturated carbocycles. The highest BCUT2D eigenvalue weighted by Gasteiger charge is 2.25. The lowest BCUT2D eigenvalue weighted by Crippen LogP contribution is -2.20. The van der Waals surface area contributed by atoms with Crippen LogP contribution in [0.3, 0.4) is 0 Å². The highest BCUT2D eigenvalue weighted by Crippen LogP contribution is 2.35. The molecule has 0 aromatic carbocycles. The average Bonchev–Trinajstić information content (AvgIpc) is 2.54. The predicted molar refractivity (Wildman–Crippen MR) is 103 cm³/mol. The van der Waals surface area contributed by atoms with Crippen molar-refractivity contribution in [1.29, 1.82) is 0 Å². The number of rotatable bonds is 6. The van der Waals surface area contributed by atoms with Crippen LogP contribution in [0.5, 0.6) is 0 Å². The Kier molecular flexibility index (Phi) is 5.79. The van der Waals surface area contributed by atoms with Crippen LogP contribution in [-0.4, -0.2) is 9.97 Å². The molecule has 0 fully saturated rings. The van der Waals surface area contributed by atoms with E-state index in [9.17, 15) is 0 Å². The summed E-state index contributed by atoms with van der Waals surface area (Å²) in [5.41, 5.74) is 5.15. The van der Waals surface area contributed by atoms with Gasteiger partial charge in [0.1, 0.15) is 0 Å². The molecule has 130 valence electrons. The fourth-order valence-electron chi connectivity index (χ4n) is 3.24. The van der Waals surface area contributed by atoms with Gasteiger partial charge in [-0.05, 0) is 58.9 Å². The van der Waals surface area contributed by atoms with E-state index >= 15 is 0 Å². The van der Waals surface area contributed by atoms with Crippen LogP contribution < -0.4 is 0 Å². The Morgan fingerprint density at radius 1 is 0.875 bits per heavy atom. The minimum absolute atomic E-state index is 0.100. The molecule has 0 aliphatic carbocycles. The first-order chi connectivity index (χ1) is 11.2. The van der Waals surface area contributed by atoms with Crippen molar-refractivity contribution >= 4 is 0 Å². The third-order valence-electron chi connectivity index (χ3n) is 4.94. The predicted octanol–water partition coefficient (Wildman–Crippen LogP) is 6.19. The van der Waals surface area contributed by atoms with Gasteiger partial charge in [0.2, 0.25) is 0 Å². The van der Waals surface area contributed by atoms with Gasteiger partial charge in [0.05, 0.1) is 0 Å². The normalized spacial score (nSPS) is 13.5. The molecular weight excluding hydrogens is 292 g/mol. The van der Waals surface area contributed by atoms with E-state index < -0.39 is 0 Å². The maximum atomic E-state index is 4.65. The highest BCUT2D eigenvalue weighted by molar-refractivity contribution is 5.27. The lowest BCUT2D eigenvalue weighted by atomic mass is 9.76. The first kappa shape index (κ1) is 18.6. The quantitative estimate of drug-likeness (QED) is 0.632. The van der Waals surface area contributed by atoms with Gasteiger partial charge in [-0.1, -0.05) is 54.5 Å². The molecular formula is C22H32N2. The molecule has 0 radical (unpaired) electrons. The molecule has 0 bridgehead atoms. The van der Waals surface area contributed by atoms with Crippen molar-refractivity contribution in [3.63, 3.8) is 0 Å². The topological polar surface area (TPSA) is 25.8 Å². The Balaban J connectivity index is 2.17. The molecule has 1 atom stereocenters. The zero-order chi connectivity index (χ0) is 17.9. The second-order valence-corrected chi connectivity index (χ2v) is 8.28. The van der Waals surface area contributed by atoms with Crippen LogP contribution in [0.1, 0.15) is 95.2 Å². The van der Waals surface area contributed by atoms with Gasteiger partial charge in [-0.2, -0.15) is 0 Å². The van der Waals surface area contributed by atoms with Gasteiger partial charge in [-0.15, -0.1) is 0 Å². The molecule has 0 saturated heterocycles. The van der Waals surface area contributed by atoms with E-state index in [0.717, 1.165) is 6.42 Å². The lowest BCUT2D eigenvalue weighted by Gasteiger charge is -2.29. The number of hydrogen-bond donors (Lipinski definition) is 0. The van der Waals surface area contributed by atoms with Crippen molar-refractivity contribution in [3.05, 3.63) is 59.2 Å². The van der Waals surface area contributed by atoms with E-state index in [-0.39, 0.29) is 5.41 Å². The lowest BCUT2D eigenvalue weighted by molar-refractivity contribution is 0.436. The van der Waals surface area contributed by atoms with E-state index in [2.05, 4.69) is 88.9 Å². The van der Waals surface area contributed by atoms with E-state index in [0.29, 0.717) is 17.8 Å². The molecule has 2 nitrogen and oxygen atoms in total. The molecule has 2 rings (SSSR count). The Hall–Kier alpha value is -1.70. The number of hydrogen-bond acceptors (Lipinski definition) is 2. The molecule has 1 unspecified atom stereocenters. The fraction of sp³-hybridized carbons (Fsp3) is 0.545. The zero-order valence-electron chi connectivity index (χ0n) is 16.3. The van der Waals surface area contributed by atoms with Gasteiger partial charge in [-0.25, -0.2) is 0 Å². The van der Waals surface area contributed by atoms with E-state index in [1.807, 2.05) is 6.20 Å². The number of pyridine rings is 2. The van der Waals surface area contributed by atoms with Crippen LogP contribution in [0.15, 0.2) is 36.7 Å². The van der Waals surface area contributed by atoms with E-state index in [1.165, 1.54) is 22.5 Å². The van der Waals surface area contributed by atoms with E-state index in [4.69, 9.17) is 0 Å². The maximum Gasteiger partial charge on any atom is 0.0431 e. The van der Waals surface area contributed by atoms with Gasteiger partial charge < -0.3 is 0 Å². The fourth-order valence-corrected chi connectivity index (χ4v) is 3.24. The first-order valence-electron chi connectivity index (χ1n) is 9.13. The Morgan fingerprint density at radius 3 is 2.08 bits per heavy atom. The summed E-state index contributed by atoms with van der Waals surface area (Å²) in [5.74, 6) is 1.44. The highest BCUT2D eigenvalue weighted by atomic mass is 14.7. The second-order valence-electron chi connectivity index (χ2n) is 8.28. The standard InChI is InChI=1S/C22H32N2/c1-15(2)20-9-8-19(14-24-20)22(6,7)13-17(5)18-10-11-23-21(12-18)16(3)4/h8-12,14-17H,13H2,1-7H3. The van der Waals surface area contributed by atoms with Crippen molar-refractivity contribution < 1.29 is 0 Å². The summed E-state index contributed by atoms with van der Waals surface area (Å²) < 4.78 is 0. The molecule has 2 heteroatoms. The van der Waals surface area contributed by atoms with Crippen molar-refractivity contribution in [2.45, 2.75) is 78.1 Å². The summed E-state index contributed by atoms with van der Waals surface area (Å²) >= 11 is 0. The summed E-state index contributed by atoms with van der Waals surface area (Å²) in [5, 5.41) is 0. The largest absolute Gasteiger partial charge is 0.261 e. The van der Waals surface area contributed by atoms with Gasteiger partial charge in [0.15, 0.2) is 0 Å². The molecule has 2 aromatic rings. The van der Waals surface area contributed by atoms with E-state index in [1.54, 1.807) is 0 Å². The van der Waals surface area contributed by atoms with Gasteiger partial charge in [0, 0.05) is 23.8 Å². The van der Waals surface area contributed by atoms with Crippen LogP contribution in [0.4, 0.5) is 0 Å². The smallest absolute Gasteiger partial charge is 0.0431 e. The molecule has 0 aliphatic heterocycles. The van der Waals surface area contributed by atoms with Crippen molar-refractivity contribution in [2.75, 3.05) is 0 Å². The maximum absolute atomic E-state index is 4.65. The van der Waals surface area contributed by atoms with Crippen LogP contribution in [0.25, 0.3) is 0 Å². The van der Waals surface area contributed by atoms with Crippen molar-refractivity contribution in [3.8, 4) is 0 Å². The number of aromatic nitrogens is 2. The summed E-state index contributed by atoms with van der Waals surface area (Å²) in [7, 11) is 0.